The Labute approximate surface area is 253 Å². The normalized spacial score (nSPS) is 13.6. The van der Waals surface area contributed by atoms with Gasteiger partial charge in [0.1, 0.15) is 34.5 Å². The first-order chi connectivity index (χ1) is 20.9. The summed E-state index contributed by atoms with van der Waals surface area (Å²) in [4.78, 5) is 27.8. The van der Waals surface area contributed by atoms with E-state index in [4.69, 9.17) is 0 Å². The fourth-order valence-corrected chi connectivity index (χ4v) is 5.57. The first kappa shape index (κ1) is 30.1. The van der Waals surface area contributed by atoms with Crippen molar-refractivity contribution < 1.29 is 40.2 Å². The van der Waals surface area contributed by atoms with Crippen molar-refractivity contribution in [3.05, 3.63) is 94.0 Å². The summed E-state index contributed by atoms with van der Waals surface area (Å²) in [6.07, 6.45) is 1.87. The smallest absolute Gasteiger partial charge is 0.200 e. The van der Waals surface area contributed by atoms with Gasteiger partial charge in [-0.3, -0.25) is 9.59 Å². The Hall–Kier alpha value is -5.38. The van der Waals surface area contributed by atoms with E-state index in [-0.39, 0.29) is 57.3 Å². The van der Waals surface area contributed by atoms with Crippen LogP contribution >= 0.6 is 0 Å². The van der Waals surface area contributed by atoms with Crippen molar-refractivity contribution in [3.8, 4) is 34.5 Å². The van der Waals surface area contributed by atoms with Gasteiger partial charge in [-0.25, -0.2) is 0 Å². The number of ketones is 2. The quantitative estimate of drug-likeness (QED) is 0.0948. The molecule has 4 aromatic carbocycles. The van der Waals surface area contributed by atoms with E-state index >= 15 is 0 Å². The first-order valence-corrected chi connectivity index (χ1v) is 14.3. The number of rotatable bonds is 10. The molecule has 0 aromatic heterocycles. The van der Waals surface area contributed by atoms with E-state index < -0.39 is 23.1 Å². The number of phenols is 6. The van der Waals surface area contributed by atoms with E-state index in [9.17, 15) is 40.2 Å². The Morgan fingerprint density at radius 2 is 0.886 bits per heavy atom. The van der Waals surface area contributed by atoms with E-state index in [1.807, 2.05) is 13.8 Å². The summed E-state index contributed by atoms with van der Waals surface area (Å²) < 4.78 is 0. The lowest BCUT2D eigenvalue weighted by Gasteiger charge is -2.27. The molecule has 0 saturated heterocycles. The van der Waals surface area contributed by atoms with Crippen molar-refractivity contribution in [2.75, 3.05) is 10.6 Å². The summed E-state index contributed by atoms with van der Waals surface area (Å²) >= 11 is 0. The van der Waals surface area contributed by atoms with Crippen LogP contribution in [0.2, 0.25) is 0 Å². The Morgan fingerprint density at radius 3 is 1.27 bits per heavy atom. The maximum absolute atomic E-state index is 13.9. The van der Waals surface area contributed by atoms with Crippen LogP contribution in [-0.2, 0) is 12.8 Å². The fourth-order valence-electron chi connectivity index (χ4n) is 5.57. The molecule has 0 spiro atoms. The van der Waals surface area contributed by atoms with Crippen molar-refractivity contribution in [2.24, 2.45) is 0 Å². The molecule has 0 fully saturated rings. The minimum absolute atomic E-state index is 0.0364. The molecule has 0 amide bonds. The molecule has 2 atom stereocenters. The molecule has 0 heterocycles. The molecule has 1 aliphatic rings. The summed E-state index contributed by atoms with van der Waals surface area (Å²) in [5, 5.41) is 67.6. The van der Waals surface area contributed by atoms with Gasteiger partial charge in [0.2, 0.25) is 11.6 Å². The third-order valence-corrected chi connectivity index (χ3v) is 7.90. The van der Waals surface area contributed by atoms with Gasteiger partial charge >= 0.3 is 0 Å². The highest BCUT2D eigenvalue weighted by Gasteiger charge is 2.38. The zero-order valence-corrected chi connectivity index (χ0v) is 24.3. The largest absolute Gasteiger partial charge is 0.508 e. The number of anilines is 2. The molecule has 0 aliphatic heterocycles. The minimum Gasteiger partial charge on any atom is -0.508 e. The number of aromatic hydroxyl groups is 6. The maximum Gasteiger partial charge on any atom is 0.200 e. The molecule has 228 valence electrons. The van der Waals surface area contributed by atoms with Gasteiger partial charge in [0.05, 0.1) is 22.3 Å². The second-order valence-electron chi connectivity index (χ2n) is 11.2. The molecule has 0 radical (unpaired) electrons. The van der Waals surface area contributed by atoms with Crippen LogP contribution in [0.4, 0.5) is 11.4 Å². The summed E-state index contributed by atoms with van der Waals surface area (Å²) in [6, 6.07) is 13.8. The van der Waals surface area contributed by atoms with Gasteiger partial charge in [0, 0.05) is 23.5 Å². The minimum atomic E-state index is -0.621. The van der Waals surface area contributed by atoms with Gasteiger partial charge in [-0.05, 0) is 111 Å². The summed E-state index contributed by atoms with van der Waals surface area (Å²) in [7, 11) is 0. The summed E-state index contributed by atoms with van der Waals surface area (Å²) in [5.74, 6) is -1.89. The standard InChI is InChI=1S/C34H34N2O8/c1-17(3-5-19-15-21(37)7-11-25(19)39)35-23-9-10-24(36-18(2)4-6-20-16-22(38)8-12-26(20)40)30-29(23)33(43)31-27(41)13-14-28(42)32(31)34(30)44/h7-18,35-42H,3-6H2,1-2H3. The number of phenolic OH excluding ortho intramolecular Hbond substituents is 6. The van der Waals surface area contributed by atoms with Crippen LogP contribution < -0.4 is 10.6 Å². The van der Waals surface area contributed by atoms with Crippen LogP contribution in [-0.4, -0.2) is 54.3 Å². The van der Waals surface area contributed by atoms with Crippen molar-refractivity contribution in [2.45, 2.75) is 51.6 Å². The lowest BCUT2D eigenvalue weighted by Crippen LogP contribution is -2.27. The number of hydrogen-bond acceptors (Lipinski definition) is 10. The van der Waals surface area contributed by atoms with Gasteiger partial charge in [0.15, 0.2) is 0 Å². The monoisotopic (exact) mass is 598 g/mol. The molecule has 2 unspecified atom stereocenters. The summed E-state index contributed by atoms with van der Waals surface area (Å²) in [6.45, 7) is 3.76. The van der Waals surface area contributed by atoms with Crippen molar-refractivity contribution in [1.29, 1.82) is 0 Å². The molecule has 10 heteroatoms. The van der Waals surface area contributed by atoms with E-state index in [1.54, 1.807) is 12.1 Å². The Balaban J connectivity index is 1.45. The predicted octanol–water partition coefficient (Wildman–Crippen LogP) is 5.56. The second kappa shape index (κ2) is 12.1. The van der Waals surface area contributed by atoms with Crippen LogP contribution in [0.1, 0.15) is 69.7 Å². The van der Waals surface area contributed by atoms with Gasteiger partial charge in [0.25, 0.3) is 0 Å². The highest BCUT2D eigenvalue weighted by atomic mass is 16.3. The van der Waals surface area contributed by atoms with Crippen LogP contribution in [0, 0.1) is 0 Å². The van der Waals surface area contributed by atoms with Gasteiger partial charge < -0.3 is 41.3 Å². The third kappa shape index (κ3) is 5.92. The Morgan fingerprint density at radius 1 is 0.523 bits per heavy atom. The van der Waals surface area contributed by atoms with Crippen molar-refractivity contribution in [3.63, 3.8) is 0 Å². The molecule has 8 N–H and O–H groups in total. The number of carbonyl (C=O) groups is 2. The van der Waals surface area contributed by atoms with Crippen LogP contribution in [0.15, 0.2) is 60.7 Å². The van der Waals surface area contributed by atoms with Gasteiger partial charge in [-0.1, -0.05) is 0 Å². The van der Waals surface area contributed by atoms with E-state index in [2.05, 4.69) is 10.6 Å². The van der Waals surface area contributed by atoms with E-state index in [1.165, 1.54) is 48.5 Å². The van der Waals surface area contributed by atoms with Crippen LogP contribution in [0.3, 0.4) is 0 Å². The molecular formula is C34H34N2O8. The maximum atomic E-state index is 13.9. The van der Waals surface area contributed by atoms with Gasteiger partial charge in [-0.15, -0.1) is 0 Å². The molecule has 0 bridgehead atoms. The van der Waals surface area contributed by atoms with E-state index in [0.29, 0.717) is 48.2 Å². The Kier molecular flexibility index (Phi) is 8.26. The number of hydrogen-bond donors (Lipinski definition) is 8. The Bertz CT molecular complexity index is 1640. The molecule has 1 aliphatic carbocycles. The molecule has 10 nitrogen and oxygen atoms in total. The average Bonchev–Trinajstić information content (AvgIpc) is 2.98. The van der Waals surface area contributed by atoms with Crippen LogP contribution in [0.25, 0.3) is 0 Å². The van der Waals surface area contributed by atoms with Crippen molar-refractivity contribution >= 4 is 22.9 Å². The predicted molar refractivity (Wildman–Crippen MR) is 165 cm³/mol. The number of benzene rings is 4. The lowest BCUT2D eigenvalue weighted by atomic mass is 9.81. The molecule has 5 rings (SSSR count). The highest BCUT2D eigenvalue weighted by Crippen LogP contribution is 2.43. The number of carbonyl (C=O) groups excluding carboxylic acids is 2. The van der Waals surface area contributed by atoms with E-state index in [0.717, 1.165) is 0 Å². The van der Waals surface area contributed by atoms with Gasteiger partial charge in [-0.2, -0.15) is 0 Å². The zero-order chi connectivity index (χ0) is 31.7. The summed E-state index contributed by atoms with van der Waals surface area (Å²) in [5.41, 5.74) is 1.42. The number of aryl methyl sites for hydroxylation is 2. The average molecular weight is 599 g/mol. The van der Waals surface area contributed by atoms with Crippen molar-refractivity contribution in [1.82, 2.24) is 0 Å². The molecule has 44 heavy (non-hydrogen) atoms. The molecule has 4 aromatic rings. The first-order valence-electron chi connectivity index (χ1n) is 14.3. The number of nitrogens with one attached hydrogen (secondary N) is 2. The SMILES string of the molecule is CC(CCc1cc(O)ccc1O)Nc1ccc(NC(C)CCc2cc(O)ccc2O)c2c1C(=O)c1c(O)ccc(O)c1C2=O. The topological polar surface area (TPSA) is 180 Å². The third-order valence-electron chi connectivity index (χ3n) is 7.90. The highest BCUT2D eigenvalue weighted by molar-refractivity contribution is 6.33. The van der Waals surface area contributed by atoms with Crippen LogP contribution in [0.5, 0.6) is 34.5 Å². The zero-order valence-electron chi connectivity index (χ0n) is 24.3. The number of fused-ring (bicyclic) bond motifs is 2. The molecular weight excluding hydrogens is 564 g/mol. The lowest BCUT2D eigenvalue weighted by molar-refractivity contribution is 0.0975. The fraction of sp³-hybridized carbons (Fsp3) is 0.235. The molecule has 0 saturated carbocycles. The second-order valence-corrected chi connectivity index (χ2v) is 11.2.